The summed E-state index contributed by atoms with van der Waals surface area (Å²) in [4.78, 5) is 0. The fourth-order valence-electron chi connectivity index (χ4n) is 2.55. The summed E-state index contributed by atoms with van der Waals surface area (Å²) in [5.74, 6) is 0.990. The molecule has 0 spiro atoms. The van der Waals surface area contributed by atoms with Crippen molar-refractivity contribution < 1.29 is 0 Å². The van der Waals surface area contributed by atoms with Crippen LogP contribution in [-0.2, 0) is 7.05 Å². The largest absolute Gasteiger partial charge is 0.316 e. The molecule has 1 aromatic rings. The summed E-state index contributed by atoms with van der Waals surface area (Å²) in [6, 6.07) is 0.604. The molecular formula is C13H24N4S. The molecule has 0 amide bonds. The summed E-state index contributed by atoms with van der Waals surface area (Å²) in [6.07, 6.45) is 8.02. The third-order valence-electron chi connectivity index (χ3n) is 3.88. The summed E-state index contributed by atoms with van der Waals surface area (Å²) < 4.78 is 2.09. The molecule has 2 rings (SSSR count). The topological polar surface area (TPSA) is 42.7 Å². The molecule has 2 atom stereocenters. The van der Waals surface area contributed by atoms with Crippen molar-refractivity contribution in [2.45, 2.75) is 61.9 Å². The van der Waals surface area contributed by atoms with Crippen molar-refractivity contribution in [1.82, 2.24) is 20.1 Å². The van der Waals surface area contributed by atoms with Crippen molar-refractivity contribution in [1.29, 1.82) is 0 Å². The fourth-order valence-corrected chi connectivity index (χ4v) is 3.92. The van der Waals surface area contributed by atoms with E-state index in [1.807, 2.05) is 18.7 Å². The van der Waals surface area contributed by atoms with E-state index in [1.165, 1.54) is 38.5 Å². The van der Waals surface area contributed by atoms with E-state index in [0.717, 1.165) is 11.0 Å². The number of thioether (sulfide) groups is 1. The quantitative estimate of drug-likeness (QED) is 0.915. The minimum Gasteiger partial charge on any atom is -0.316 e. The van der Waals surface area contributed by atoms with E-state index in [-0.39, 0.29) is 0 Å². The molecule has 1 saturated carbocycles. The molecular weight excluding hydrogens is 244 g/mol. The van der Waals surface area contributed by atoms with Gasteiger partial charge in [0, 0.05) is 18.3 Å². The lowest BCUT2D eigenvalue weighted by Gasteiger charge is -2.28. The van der Waals surface area contributed by atoms with Gasteiger partial charge in [-0.25, -0.2) is 0 Å². The molecule has 0 aliphatic heterocycles. The first-order valence-electron chi connectivity index (χ1n) is 6.92. The first kappa shape index (κ1) is 13.9. The lowest BCUT2D eigenvalue weighted by molar-refractivity contribution is 0.419. The first-order valence-corrected chi connectivity index (χ1v) is 7.80. The van der Waals surface area contributed by atoms with Gasteiger partial charge in [-0.1, -0.05) is 37.4 Å². The Labute approximate surface area is 114 Å². The lowest BCUT2D eigenvalue weighted by atomic mass is 9.96. The van der Waals surface area contributed by atoms with Crippen LogP contribution in [0.15, 0.2) is 5.16 Å². The molecule has 102 valence electrons. The van der Waals surface area contributed by atoms with Crippen LogP contribution in [0, 0.1) is 6.92 Å². The zero-order valence-electron chi connectivity index (χ0n) is 11.6. The van der Waals surface area contributed by atoms with E-state index in [1.54, 1.807) is 0 Å². The van der Waals surface area contributed by atoms with Crippen LogP contribution in [0.25, 0.3) is 0 Å². The second-order valence-corrected chi connectivity index (χ2v) is 6.34. The monoisotopic (exact) mass is 268 g/mol. The van der Waals surface area contributed by atoms with Crippen LogP contribution < -0.4 is 5.32 Å². The zero-order valence-corrected chi connectivity index (χ0v) is 12.5. The van der Waals surface area contributed by atoms with E-state index in [9.17, 15) is 0 Å². The Balaban J connectivity index is 2.05. The van der Waals surface area contributed by atoms with Crippen molar-refractivity contribution in [3.8, 4) is 0 Å². The minimum atomic E-state index is 0.604. The highest BCUT2D eigenvalue weighted by atomic mass is 32.2. The molecule has 1 aromatic heterocycles. The Morgan fingerprint density at radius 3 is 2.50 bits per heavy atom. The predicted molar refractivity (Wildman–Crippen MR) is 75.9 cm³/mol. The first-order chi connectivity index (χ1) is 8.72. The number of hydrogen-bond acceptors (Lipinski definition) is 4. The van der Waals surface area contributed by atoms with E-state index >= 15 is 0 Å². The Hall–Kier alpha value is -0.550. The van der Waals surface area contributed by atoms with Crippen molar-refractivity contribution >= 4 is 11.8 Å². The van der Waals surface area contributed by atoms with E-state index in [0.29, 0.717) is 11.3 Å². The molecule has 1 aliphatic rings. The number of nitrogens with zero attached hydrogens (tertiary/aromatic N) is 3. The van der Waals surface area contributed by atoms with Crippen molar-refractivity contribution in [2.24, 2.45) is 7.05 Å². The van der Waals surface area contributed by atoms with Crippen LogP contribution in [0.1, 0.15) is 44.3 Å². The van der Waals surface area contributed by atoms with Gasteiger partial charge < -0.3 is 9.88 Å². The van der Waals surface area contributed by atoms with Crippen LogP contribution in [-0.4, -0.2) is 33.1 Å². The number of nitrogens with one attached hydrogen (secondary N) is 1. The zero-order chi connectivity index (χ0) is 13.0. The molecule has 0 radical (unpaired) electrons. The fraction of sp³-hybridized carbons (Fsp3) is 0.846. The summed E-state index contributed by atoms with van der Waals surface area (Å²) in [7, 11) is 4.14. The molecule has 0 bridgehead atoms. The molecule has 18 heavy (non-hydrogen) atoms. The Morgan fingerprint density at radius 1 is 1.17 bits per heavy atom. The molecule has 2 unspecified atom stereocenters. The molecule has 5 heteroatoms. The number of aromatic nitrogens is 3. The molecule has 0 saturated heterocycles. The molecule has 1 heterocycles. The highest BCUT2D eigenvalue weighted by Crippen LogP contribution is 2.31. The third-order valence-corrected chi connectivity index (χ3v) is 5.32. The van der Waals surface area contributed by atoms with Gasteiger partial charge in [0.1, 0.15) is 5.82 Å². The van der Waals surface area contributed by atoms with Crippen LogP contribution in [0.2, 0.25) is 0 Å². The van der Waals surface area contributed by atoms with E-state index in [4.69, 9.17) is 0 Å². The second kappa shape index (κ2) is 6.57. The Morgan fingerprint density at radius 2 is 1.89 bits per heavy atom. The standard InChI is InChI=1S/C13H24N4S/c1-10-15-16-13(17(10)3)18-12-9-7-5-4-6-8-11(12)14-2/h11-12,14H,4-9H2,1-3H3. The van der Waals surface area contributed by atoms with Crippen molar-refractivity contribution in [2.75, 3.05) is 7.05 Å². The lowest BCUT2D eigenvalue weighted by Crippen LogP contribution is -2.36. The maximum absolute atomic E-state index is 4.28. The summed E-state index contributed by atoms with van der Waals surface area (Å²) in [5, 5.41) is 13.6. The molecule has 0 aromatic carbocycles. The van der Waals surface area contributed by atoms with Gasteiger partial charge in [-0.2, -0.15) is 0 Å². The average molecular weight is 268 g/mol. The van der Waals surface area contributed by atoms with Gasteiger partial charge in [0.05, 0.1) is 0 Å². The van der Waals surface area contributed by atoms with Gasteiger partial charge >= 0.3 is 0 Å². The third kappa shape index (κ3) is 3.26. The SMILES string of the molecule is CNC1CCCCCCC1Sc1nnc(C)n1C. The maximum Gasteiger partial charge on any atom is 0.191 e. The van der Waals surface area contributed by atoms with E-state index in [2.05, 4.69) is 34.2 Å². The highest BCUT2D eigenvalue weighted by molar-refractivity contribution is 7.99. The maximum atomic E-state index is 4.28. The number of aryl methyl sites for hydroxylation is 1. The van der Waals surface area contributed by atoms with Crippen LogP contribution >= 0.6 is 11.8 Å². The predicted octanol–water partition coefficient (Wildman–Crippen LogP) is 2.53. The molecule has 1 aliphatic carbocycles. The van der Waals surface area contributed by atoms with Crippen LogP contribution in [0.3, 0.4) is 0 Å². The van der Waals surface area contributed by atoms with Crippen molar-refractivity contribution in [3.05, 3.63) is 5.82 Å². The number of rotatable bonds is 3. The molecule has 1 N–H and O–H groups in total. The summed E-state index contributed by atoms with van der Waals surface area (Å²) in [5.41, 5.74) is 0. The van der Waals surface area contributed by atoms with Crippen LogP contribution in [0.4, 0.5) is 0 Å². The number of hydrogen-bond donors (Lipinski definition) is 1. The minimum absolute atomic E-state index is 0.604. The van der Waals surface area contributed by atoms with Crippen molar-refractivity contribution in [3.63, 3.8) is 0 Å². The van der Waals surface area contributed by atoms with Gasteiger partial charge in [0.25, 0.3) is 0 Å². The molecule has 1 fully saturated rings. The van der Waals surface area contributed by atoms with Gasteiger partial charge in [0.15, 0.2) is 5.16 Å². The Bertz CT molecular complexity index is 377. The van der Waals surface area contributed by atoms with Gasteiger partial charge in [-0.3, -0.25) is 0 Å². The summed E-state index contributed by atoms with van der Waals surface area (Å²) >= 11 is 1.89. The Kier molecular flexibility index (Phi) is 5.06. The van der Waals surface area contributed by atoms with E-state index < -0.39 is 0 Å². The normalized spacial score (nSPS) is 25.7. The smallest absolute Gasteiger partial charge is 0.191 e. The van der Waals surface area contributed by atoms with Crippen LogP contribution in [0.5, 0.6) is 0 Å². The second-order valence-electron chi connectivity index (χ2n) is 5.13. The van der Waals surface area contributed by atoms with Gasteiger partial charge in [-0.15, -0.1) is 10.2 Å². The van der Waals surface area contributed by atoms with Gasteiger partial charge in [0.2, 0.25) is 0 Å². The van der Waals surface area contributed by atoms with Gasteiger partial charge in [-0.05, 0) is 26.8 Å². The highest BCUT2D eigenvalue weighted by Gasteiger charge is 2.24. The average Bonchev–Trinajstić information content (AvgIpc) is 2.65. The summed E-state index contributed by atoms with van der Waals surface area (Å²) in [6.45, 7) is 2.00. The molecule has 4 nitrogen and oxygen atoms in total.